The monoisotopic (exact) mass is 247 g/mol. The van der Waals surface area contributed by atoms with Gasteiger partial charge in [0.15, 0.2) is 0 Å². The molecule has 1 unspecified atom stereocenters. The van der Waals surface area contributed by atoms with Crippen LogP contribution in [0.3, 0.4) is 0 Å². The van der Waals surface area contributed by atoms with Gasteiger partial charge in [0, 0.05) is 6.54 Å². The highest BCUT2D eigenvalue weighted by molar-refractivity contribution is 7.90. The zero-order valence-electron chi connectivity index (χ0n) is 10.5. The number of Topliss-reactive ketones (excluding diaryl/α,β-unsaturated/α-hetero) is 1. The lowest BCUT2D eigenvalue weighted by atomic mass is 10.0. The fourth-order valence-corrected chi connectivity index (χ4v) is 3.61. The van der Waals surface area contributed by atoms with E-state index < -0.39 is 20.8 Å². The van der Waals surface area contributed by atoms with Gasteiger partial charge in [0.25, 0.3) is 0 Å². The van der Waals surface area contributed by atoms with Crippen molar-refractivity contribution >= 4 is 15.8 Å². The summed E-state index contributed by atoms with van der Waals surface area (Å²) < 4.78 is 25.2. The molecule has 0 spiro atoms. The highest BCUT2D eigenvalue weighted by Gasteiger charge is 2.41. The fourth-order valence-electron chi connectivity index (χ4n) is 1.95. The summed E-state index contributed by atoms with van der Waals surface area (Å²) in [5.74, 6) is -0.0486. The van der Waals surface area contributed by atoms with Crippen LogP contribution in [0.5, 0.6) is 0 Å². The van der Waals surface area contributed by atoms with Crippen LogP contribution < -0.4 is 0 Å². The van der Waals surface area contributed by atoms with Gasteiger partial charge in [-0.1, -0.05) is 6.42 Å². The van der Waals surface area contributed by atoms with Crippen LogP contribution in [0.15, 0.2) is 0 Å². The van der Waals surface area contributed by atoms with Crippen molar-refractivity contribution in [2.24, 2.45) is 0 Å². The van der Waals surface area contributed by atoms with Crippen molar-refractivity contribution in [1.29, 1.82) is 0 Å². The first-order valence-corrected chi connectivity index (χ1v) is 7.14. The van der Waals surface area contributed by atoms with Crippen LogP contribution in [0, 0.1) is 0 Å². The third-order valence-corrected chi connectivity index (χ3v) is 5.61. The van der Waals surface area contributed by atoms with E-state index in [1.165, 1.54) is 11.2 Å². The summed E-state index contributed by atoms with van der Waals surface area (Å²) in [5.41, 5.74) is 0. The molecule has 1 fully saturated rings. The Balaban J connectivity index is 3.05. The zero-order valence-corrected chi connectivity index (χ0v) is 11.3. The van der Waals surface area contributed by atoms with Crippen LogP contribution in [0.25, 0.3) is 0 Å². The van der Waals surface area contributed by atoms with E-state index in [9.17, 15) is 13.2 Å². The molecule has 0 aromatic rings. The number of sulfonamides is 1. The van der Waals surface area contributed by atoms with E-state index >= 15 is 0 Å². The molecule has 0 amide bonds. The number of rotatable bonds is 2. The van der Waals surface area contributed by atoms with E-state index in [1.807, 2.05) is 0 Å². The fraction of sp³-hybridized carbons (Fsp3) is 0.909. The molecule has 0 bridgehead atoms. The molecule has 5 heteroatoms. The maximum Gasteiger partial charge on any atom is 0.219 e. The van der Waals surface area contributed by atoms with E-state index in [-0.39, 0.29) is 5.78 Å². The number of hydrogen-bond acceptors (Lipinski definition) is 3. The average Bonchev–Trinajstić information content (AvgIpc) is 2.16. The Hall–Kier alpha value is -0.420. The second-order valence-electron chi connectivity index (χ2n) is 5.35. The summed E-state index contributed by atoms with van der Waals surface area (Å²) in [4.78, 5) is 11.5. The molecular formula is C11H21NO3S. The van der Waals surface area contributed by atoms with Gasteiger partial charge in [-0.2, -0.15) is 4.31 Å². The van der Waals surface area contributed by atoms with Gasteiger partial charge in [-0.25, -0.2) is 8.42 Å². The second kappa shape index (κ2) is 4.45. The van der Waals surface area contributed by atoms with Gasteiger partial charge in [-0.15, -0.1) is 0 Å². The highest BCUT2D eigenvalue weighted by Crippen LogP contribution is 2.28. The first-order valence-electron chi connectivity index (χ1n) is 5.70. The van der Waals surface area contributed by atoms with Crippen LogP contribution in [0.4, 0.5) is 0 Å². The molecule has 1 aliphatic rings. The smallest absolute Gasteiger partial charge is 0.219 e. The molecule has 0 radical (unpaired) electrons. The quantitative estimate of drug-likeness (QED) is 0.744. The summed E-state index contributed by atoms with van der Waals surface area (Å²) in [6.45, 7) is 6.97. The molecule has 1 aliphatic heterocycles. The molecule has 1 atom stereocenters. The predicted molar refractivity (Wildman–Crippen MR) is 63.7 cm³/mol. The lowest BCUT2D eigenvalue weighted by Gasteiger charge is -2.37. The molecule has 16 heavy (non-hydrogen) atoms. The highest BCUT2D eigenvalue weighted by atomic mass is 32.2. The van der Waals surface area contributed by atoms with Gasteiger partial charge in [0.05, 0.1) is 10.8 Å². The van der Waals surface area contributed by atoms with E-state index in [0.29, 0.717) is 13.0 Å². The normalized spacial score (nSPS) is 24.4. The summed E-state index contributed by atoms with van der Waals surface area (Å²) in [6.07, 6.45) is 2.43. The largest absolute Gasteiger partial charge is 0.298 e. The molecule has 0 aliphatic carbocycles. The second-order valence-corrected chi connectivity index (χ2v) is 7.99. The first-order chi connectivity index (χ1) is 7.18. The topological polar surface area (TPSA) is 54.5 Å². The van der Waals surface area contributed by atoms with Crippen molar-refractivity contribution in [3.8, 4) is 0 Å². The van der Waals surface area contributed by atoms with Gasteiger partial charge in [-0.3, -0.25) is 4.79 Å². The van der Waals surface area contributed by atoms with E-state index in [4.69, 9.17) is 0 Å². The van der Waals surface area contributed by atoms with Gasteiger partial charge >= 0.3 is 0 Å². The predicted octanol–water partition coefficient (Wildman–Crippen LogP) is 1.56. The van der Waals surface area contributed by atoms with Crippen molar-refractivity contribution < 1.29 is 13.2 Å². The van der Waals surface area contributed by atoms with Crippen LogP contribution in [0.2, 0.25) is 0 Å². The molecule has 0 aromatic heterocycles. The summed E-state index contributed by atoms with van der Waals surface area (Å²) >= 11 is 0. The van der Waals surface area contributed by atoms with Crippen molar-refractivity contribution in [2.75, 3.05) is 6.54 Å². The maximum absolute atomic E-state index is 12.3. The Bertz CT molecular complexity index is 367. The molecule has 0 saturated carbocycles. The number of carbonyl (C=O) groups is 1. The number of nitrogens with zero attached hydrogens (tertiary/aromatic N) is 1. The Morgan fingerprint density at radius 3 is 2.25 bits per heavy atom. The van der Waals surface area contributed by atoms with Crippen LogP contribution in [-0.2, 0) is 14.8 Å². The number of carbonyl (C=O) groups excluding carboxylic acids is 1. The van der Waals surface area contributed by atoms with Crippen LogP contribution >= 0.6 is 0 Å². The number of ketones is 1. The molecule has 0 N–H and O–H groups in total. The van der Waals surface area contributed by atoms with Crippen molar-refractivity contribution in [3.05, 3.63) is 0 Å². The van der Waals surface area contributed by atoms with Gasteiger partial charge in [0.1, 0.15) is 5.78 Å². The molecule has 4 nitrogen and oxygen atoms in total. The summed E-state index contributed by atoms with van der Waals surface area (Å²) in [7, 11) is -3.38. The zero-order chi connectivity index (χ0) is 12.6. The van der Waals surface area contributed by atoms with E-state index in [1.54, 1.807) is 20.8 Å². The minimum Gasteiger partial charge on any atom is -0.298 e. The molecule has 1 rings (SSSR count). The minimum absolute atomic E-state index is 0.0486. The van der Waals surface area contributed by atoms with E-state index in [0.717, 1.165) is 12.8 Å². The Labute approximate surface area is 98.1 Å². The first kappa shape index (κ1) is 13.6. The third-order valence-electron chi connectivity index (χ3n) is 3.01. The average molecular weight is 247 g/mol. The van der Waals surface area contributed by atoms with E-state index in [2.05, 4.69) is 0 Å². The SMILES string of the molecule is CC(=O)C1CCCCN1S(=O)(=O)C(C)(C)C. The van der Waals surface area contributed by atoms with Gasteiger partial charge in [-0.05, 0) is 40.5 Å². The standard InChI is InChI=1S/C11H21NO3S/c1-9(13)10-7-5-6-8-12(10)16(14,15)11(2,3)4/h10H,5-8H2,1-4H3. The van der Waals surface area contributed by atoms with Crippen LogP contribution in [-0.4, -0.2) is 35.8 Å². The lowest BCUT2D eigenvalue weighted by molar-refractivity contribution is -0.121. The van der Waals surface area contributed by atoms with Crippen molar-refractivity contribution in [1.82, 2.24) is 4.31 Å². The third kappa shape index (κ3) is 2.46. The van der Waals surface area contributed by atoms with Crippen LogP contribution in [0.1, 0.15) is 47.0 Å². The molecule has 0 aromatic carbocycles. The van der Waals surface area contributed by atoms with Crippen molar-refractivity contribution in [3.63, 3.8) is 0 Å². The lowest BCUT2D eigenvalue weighted by Crippen LogP contribution is -2.52. The Kier molecular flexibility index (Phi) is 3.80. The van der Waals surface area contributed by atoms with Crippen molar-refractivity contribution in [2.45, 2.75) is 57.7 Å². The summed E-state index contributed by atoms with van der Waals surface area (Å²) in [5, 5.41) is 0. The Morgan fingerprint density at radius 2 is 1.81 bits per heavy atom. The Morgan fingerprint density at radius 1 is 1.25 bits per heavy atom. The number of piperidine rings is 1. The molecule has 1 saturated heterocycles. The molecule has 94 valence electrons. The number of hydrogen-bond donors (Lipinski definition) is 0. The minimum atomic E-state index is -3.38. The maximum atomic E-state index is 12.3. The van der Waals surface area contributed by atoms with Gasteiger partial charge in [0.2, 0.25) is 10.0 Å². The van der Waals surface area contributed by atoms with Gasteiger partial charge < -0.3 is 0 Å². The molecular weight excluding hydrogens is 226 g/mol. The summed E-state index contributed by atoms with van der Waals surface area (Å²) in [6, 6.07) is -0.446. The molecule has 1 heterocycles.